The van der Waals surface area contributed by atoms with Crippen molar-refractivity contribution in [1.29, 1.82) is 0 Å². The molecule has 0 radical (unpaired) electrons. The van der Waals surface area contributed by atoms with Crippen molar-refractivity contribution in [3.8, 4) is 0 Å². The zero-order valence-electron chi connectivity index (χ0n) is 11.2. The van der Waals surface area contributed by atoms with Crippen molar-refractivity contribution in [1.82, 2.24) is 4.90 Å². The molecule has 1 saturated carbocycles. The molecule has 2 heteroatoms. The maximum Gasteiger partial charge on any atom is 0.153 e. The fourth-order valence-electron chi connectivity index (χ4n) is 3.13. The SMILES string of the molecule is CCCCC(=O)C1(N(CC)CC)CCCC1. The van der Waals surface area contributed by atoms with E-state index in [9.17, 15) is 4.79 Å². The molecule has 0 unspecified atom stereocenters. The number of ketones is 1. The summed E-state index contributed by atoms with van der Waals surface area (Å²) in [6.45, 7) is 8.53. The minimum atomic E-state index is -0.0847. The summed E-state index contributed by atoms with van der Waals surface area (Å²) in [7, 11) is 0. The van der Waals surface area contributed by atoms with Crippen molar-refractivity contribution >= 4 is 5.78 Å². The molecule has 0 aromatic carbocycles. The van der Waals surface area contributed by atoms with Crippen LogP contribution in [0.5, 0.6) is 0 Å². The maximum absolute atomic E-state index is 12.4. The van der Waals surface area contributed by atoms with Gasteiger partial charge in [-0.15, -0.1) is 0 Å². The lowest BCUT2D eigenvalue weighted by molar-refractivity contribution is -0.131. The Morgan fingerprint density at radius 2 is 1.69 bits per heavy atom. The van der Waals surface area contributed by atoms with Gasteiger partial charge in [0, 0.05) is 6.42 Å². The first kappa shape index (κ1) is 13.7. The minimum absolute atomic E-state index is 0.0847. The van der Waals surface area contributed by atoms with Gasteiger partial charge in [0.15, 0.2) is 5.78 Å². The average Bonchev–Trinajstić information content (AvgIpc) is 2.78. The summed E-state index contributed by atoms with van der Waals surface area (Å²) in [5, 5.41) is 0. The van der Waals surface area contributed by atoms with Gasteiger partial charge < -0.3 is 0 Å². The largest absolute Gasteiger partial charge is 0.298 e. The second kappa shape index (κ2) is 6.39. The number of hydrogen-bond donors (Lipinski definition) is 0. The molecule has 0 N–H and O–H groups in total. The summed E-state index contributed by atoms with van der Waals surface area (Å²) in [4.78, 5) is 14.8. The van der Waals surface area contributed by atoms with E-state index in [4.69, 9.17) is 0 Å². The third-order valence-electron chi connectivity index (χ3n) is 4.08. The molecule has 0 amide bonds. The highest BCUT2D eigenvalue weighted by Crippen LogP contribution is 2.37. The van der Waals surface area contributed by atoms with Crippen molar-refractivity contribution in [2.75, 3.05) is 13.1 Å². The lowest BCUT2D eigenvalue weighted by atomic mass is 9.87. The number of carbonyl (C=O) groups is 1. The zero-order chi connectivity index (χ0) is 12.0. The Hall–Kier alpha value is -0.370. The highest BCUT2D eigenvalue weighted by molar-refractivity contribution is 5.88. The molecule has 0 atom stereocenters. The number of nitrogens with zero attached hydrogens (tertiary/aromatic N) is 1. The Bertz CT molecular complexity index is 215. The van der Waals surface area contributed by atoms with Crippen LogP contribution in [0, 0.1) is 0 Å². The Balaban J connectivity index is 2.74. The number of likely N-dealkylation sites (N-methyl/N-ethyl adjacent to an activating group) is 1. The lowest BCUT2D eigenvalue weighted by Crippen LogP contribution is -2.52. The quantitative estimate of drug-likeness (QED) is 0.662. The van der Waals surface area contributed by atoms with Crippen LogP contribution >= 0.6 is 0 Å². The van der Waals surface area contributed by atoms with E-state index in [0.29, 0.717) is 5.78 Å². The fourth-order valence-corrected chi connectivity index (χ4v) is 3.13. The molecule has 2 nitrogen and oxygen atoms in total. The molecule has 1 aliphatic rings. The summed E-state index contributed by atoms with van der Waals surface area (Å²) >= 11 is 0. The Kier molecular flexibility index (Phi) is 5.47. The molecular weight excluding hydrogens is 198 g/mol. The minimum Gasteiger partial charge on any atom is -0.298 e. The summed E-state index contributed by atoms with van der Waals surface area (Å²) in [5.74, 6) is 0.510. The van der Waals surface area contributed by atoms with Gasteiger partial charge in [0.2, 0.25) is 0 Å². The molecule has 1 fully saturated rings. The van der Waals surface area contributed by atoms with Crippen molar-refractivity contribution in [2.24, 2.45) is 0 Å². The number of hydrogen-bond acceptors (Lipinski definition) is 2. The number of unbranched alkanes of at least 4 members (excludes halogenated alkanes) is 1. The van der Waals surface area contributed by atoms with Crippen LogP contribution in [0.15, 0.2) is 0 Å². The van der Waals surface area contributed by atoms with Gasteiger partial charge in [0.25, 0.3) is 0 Å². The van der Waals surface area contributed by atoms with E-state index in [-0.39, 0.29) is 5.54 Å². The summed E-state index contributed by atoms with van der Waals surface area (Å²) in [6.07, 6.45) is 7.62. The summed E-state index contributed by atoms with van der Waals surface area (Å²) < 4.78 is 0. The first-order chi connectivity index (χ1) is 7.71. The molecule has 16 heavy (non-hydrogen) atoms. The van der Waals surface area contributed by atoms with Crippen LogP contribution in [-0.2, 0) is 4.79 Å². The van der Waals surface area contributed by atoms with E-state index in [2.05, 4.69) is 25.7 Å². The molecule has 0 saturated heterocycles. The fraction of sp³-hybridized carbons (Fsp3) is 0.929. The zero-order valence-corrected chi connectivity index (χ0v) is 11.2. The van der Waals surface area contributed by atoms with Crippen molar-refractivity contribution in [3.63, 3.8) is 0 Å². The molecule has 0 aromatic rings. The lowest BCUT2D eigenvalue weighted by Gasteiger charge is -2.39. The predicted octanol–water partition coefficient (Wildman–Crippen LogP) is 3.40. The maximum atomic E-state index is 12.4. The van der Waals surface area contributed by atoms with Crippen LogP contribution in [-0.4, -0.2) is 29.3 Å². The normalized spacial score (nSPS) is 19.2. The molecule has 0 heterocycles. The van der Waals surface area contributed by atoms with Crippen molar-refractivity contribution in [3.05, 3.63) is 0 Å². The molecule has 0 bridgehead atoms. The third-order valence-corrected chi connectivity index (χ3v) is 4.08. The first-order valence-electron chi connectivity index (χ1n) is 6.99. The standard InChI is InChI=1S/C14H27NO/c1-4-7-10-13(16)14(11-8-9-12-14)15(5-2)6-3/h4-12H2,1-3H3. The Morgan fingerprint density at radius 1 is 1.12 bits per heavy atom. The Morgan fingerprint density at radius 3 is 2.12 bits per heavy atom. The van der Waals surface area contributed by atoms with E-state index >= 15 is 0 Å². The van der Waals surface area contributed by atoms with Gasteiger partial charge in [-0.05, 0) is 32.4 Å². The van der Waals surface area contributed by atoms with Gasteiger partial charge in [-0.2, -0.15) is 0 Å². The van der Waals surface area contributed by atoms with E-state index < -0.39 is 0 Å². The van der Waals surface area contributed by atoms with Crippen LogP contribution in [0.25, 0.3) is 0 Å². The Labute approximate surface area is 100 Å². The van der Waals surface area contributed by atoms with Crippen LogP contribution in [0.2, 0.25) is 0 Å². The van der Waals surface area contributed by atoms with Crippen molar-refractivity contribution in [2.45, 2.75) is 71.3 Å². The van der Waals surface area contributed by atoms with E-state index in [0.717, 1.165) is 45.2 Å². The third kappa shape index (κ3) is 2.65. The van der Waals surface area contributed by atoms with E-state index in [1.165, 1.54) is 12.8 Å². The molecule has 1 aliphatic carbocycles. The number of Topliss-reactive ketones (excluding diaryl/α,β-unsaturated/α-hetero) is 1. The van der Waals surface area contributed by atoms with Crippen LogP contribution in [0.3, 0.4) is 0 Å². The number of carbonyl (C=O) groups excluding carboxylic acids is 1. The molecule has 94 valence electrons. The van der Waals surface area contributed by atoms with Gasteiger partial charge in [0.05, 0.1) is 5.54 Å². The van der Waals surface area contributed by atoms with Crippen LogP contribution in [0.1, 0.15) is 65.7 Å². The van der Waals surface area contributed by atoms with Crippen molar-refractivity contribution < 1.29 is 4.79 Å². The van der Waals surface area contributed by atoms with Gasteiger partial charge in [-0.25, -0.2) is 0 Å². The van der Waals surface area contributed by atoms with E-state index in [1.807, 2.05) is 0 Å². The monoisotopic (exact) mass is 225 g/mol. The second-order valence-electron chi connectivity index (χ2n) is 4.94. The van der Waals surface area contributed by atoms with Crippen LogP contribution in [0.4, 0.5) is 0 Å². The molecule has 1 rings (SSSR count). The summed E-state index contributed by atoms with van der Waals surface area (Å²) in [6, 6.07) is 0. The topological polar surface area (TPSA) is 20.3 Å². The summed E-state index contributed by atoms with van der Waals surface area (Å²) in [5.41, 5.74) is -0.0847. The van der Waals surface area contributed by atoms with Crippen LogP contribution < -0.4 is 0 Å². The second-order valence-corrected chi connectivity index (χ2v) is 4.94. The predicted molar refractivity (Wildman–Crippen MR) is 68.7 cm³/mol. The van der Waals surface area contributed by atoms with Gasteiger partial charge in [0.1, 0.15) is 0 Å². The number of rotatable bonds is 7. The van der Waals surface area contributed by atoms with Gasteiger partial charge in [-0.1, -0.05) is 40.0 Å². The average molecular weight is 225 g/mol. The molecule has 0 spiro atoms. The highest BCUT2D eigenvalue weighted by atomic mass is 16.1. The van der Waals surface area contributed by atoms with Gasteiger partial charge in [-0.3, -0.25) is 9.69 Å². The molecule has 0 aromatic heterocycles. The molecular formula is C14H27NO. The highest BCUT2D eigenvalue weighted by Gasteiger charge is 2.43. The van der Waals surface area contributed by atoms with Gasteiger partial charge >= 0.3 is 0 Å². The first-order valence-corrected chi connectivity index (χ1v) is 6.99. The van der Waals surface area contributed by atoms with E-state index in [1.54, 1.807) is 0 Å². The smallest absolute Gasteiger partial charge is 0.153 e. The molecule has 0 aliphatic heterocycles.